The van der Waals surface area contributed by atoms with Crippen LogP contribution in [0, 0.1) is 0 Å². The first-order valence-electron chi connectivity index (χ1n) is 9.38. The molecule has 3 aromatic rings. The molecule has 0 aliphatic heterocycles. The predicted molar refractivity (Wildman–Crippen MR) is 116 cm³/mol. The van der Waals surface area contributed by atoms with Crippen LogP contribution in [0.25, 0.3) is 10.9 Å². The van der Waals surface area contributed by atoms with Crippen LogP contribution in [0.3, 0.4) is 0 Å². The number of hydrogen-bond donors (Lipinski definition) is 2. The summed E-state index contributed by atoms with van der Waals surface area (Å²) in [6, 6.07) is 15.3. The van der Waals surface area contributed by atoms with Gasteiger partial charge in [0, 0.05) is 42.3 Å². The lowest BCUT2D eigenvalue weighted by atomic mass is 10.0. The average Bonchev–Trinajstić information content (AvgIpc) is 3.03. The van der Waals surface area contributed by atoms with Crippen molar-refractivity contribution in [3.63, 3.8) is 0 Å². The van der Waals surface area contributed by atoms with Gasteiger partial charge in [0.1, 0.15) is 0 Å². The van der Waals surface area contributed by atoms with Crippen LogP contribution in [0.5, 0.6) is 0 Å². The summed E-state index contributed by atoms with van der Waals surface area (Å²) in [5.41, 5.74) is 2.99. The largest absolute Gasteiger partial charge is 0.350 e. The van der Waals surface area contributed by atoms with E-state index in [1.54, 1.807) is 6.07 Å². The number of fused-ring (bicyclic) bond motifs is 1. The van der Waals surface area contributed by atoms with E-state index in [2.05, 4.69) is 33.5 Å². The smallest absolute Gasteiger partial charge is 0.309 e. The summed E-state index contributed by atoms with van der Waals surface area (Å²) in [7, 11) is 5.91. The lowest BCUT2D eigenvalue weighted by Crippen LogP contribution is -2.42. The van der Waals surface area contributed by atoms with Crippen molar-refractivity contribution in [1.82, 2.24) is 20.1 Å². The Kier molecular flexibility index (Phi) is 6.56. The van der Waals surface area contributed by atoms with Gasteiger partial charge in [0.05, 0.1) is 6.04 Å². The Morgan fingerprint density at radius 3 is 2.41 bits per heavy atom. The SMILES string of the molecule is CN(C)C(CNC(=O)C(=O)NCc1ccccc1Cl)c1cn(C)c2ccccc12. The highest BCUT2D eigenvalue weighted by molar-refractivity contribution is 6.35. The molecule has 0 bridgehead atoms. The third kappa shape index (κ3) is 4.78. The molecule has 0 saturated carbocycles. The molecule has 152 valence electrons. The Morgan fingerprint density at radius 1 is 1.03 bits per heavy atom. The molecule has 3 rings (SSSR count). The number of likely N-dealkylation sites (N-methyl/N-ethyl adjacent to an activating group) is 1. The van der Waals surface area contributed by atoms with Gasteiger partial charge in [-0.05, 0) is 37.4 Å². The molecular formula is C22H25ClN4O2. The van der Waals surface area contributed by atoms with Gasteiger partial charge in [0.2, 0.25) is 0 Å². The van der Waals surface area contributed by atoms with Crippen molar-refractivity contribution in [2.75, 3.05) is 20.6 Å². The number of carbonyl (C=O) groups excluding carboxylic acids is 2. The Labute approximate surface area is 175 Å². The number of aryl methyl sites for hydroxylation is 1. The van der Waals surface area contributed by atoms with Crippen LogP contribution in [-0.2, 0) is 23.2 Å². The van der Waals surface area contributed by atoms with Gasteiger partial charge < -0.3 is 20.1 Å². The molecule has 6 nitrogen and oxygen atoms in total. The minimum Gasteiger partial charge on any atom is -0.350 e. The molecule has 0 spiro atoms. The zero-order valence-electron chi connectivity index (χ0n) is 16.8. The van der Waals surface area contributed by atoms with Gasteiger partial charge >= 0.3 is 11.8 Å². The number of carbonyl (C=O) groups is 2. The zero-order valence-corrected chi connectivity index (χ0v) is 17.5. The number of aromatic nitrogens is 1. The first-order chi connectivity index (χ1) is 13.9. The number of rotatable bonds is 6. The Balaban J connectivity index is 1.65. The van der Waals surface area contributed by atoms with Crippen LogP contribution in [-0.4, -0.2) is 41.9 Å². The number of benzene rings is 2. The van der Waals surface area contributed by atoms with E-state index in [4.69, 9.17) is 11.6 Å². The third-order valence-electron chi connectivity index (χ3n) is 4.97. The molecule has 1 aromatic heterocycles. The van der Waals surface area contributed by atoms with Crippen molar-refractivity contribution in [1.29, 1.82) is 0 Å². The number of nitrogens with zero attached hydrogens (tertiary/aromatic N) is 2. The van der Waals surface area contributed by atoms with E-state index in [0.717, 1.165) is 22.0 Å². The standard InChI is InChI=1S/C22H25ClN4O2/c1-26(2)20(17-14-27(3)19-11-7-5-9-16(17)19)13-25-22(29)21(28)24-12-15-8-4-6-10-18(15)23/h4-11,14,20H,12-13H2,1-3H3,(H,24,28)(H,25,29). The van der Waals surface area contributed by atoms with Crippen LogP contribution in [0.2, 0.25) is 5.02 Å². The fraction of sp³-hybridized carbons (Fsp3) is 0.273. The van der Waals surface area contributed by atoms with Crippen LogP contribution in [0.15, 0.2) is 54.7 Å². The highest BCUT2D eigenvalue weighted by Gasteiger charge is 2.22. The second-order valence-corrected chi connectivity index (χ2v) is 7.58. The van der Waals surface area contributed by atoms with Crippen LogP contribution < -0.4 is 10.6 Å². The first-order valence-corrected chi connectivity index (χ1v) is 9.76. The molecule has 1 atom stereocenters. The van der Waals surface area contributed by atoms with Gasteiger partial charge in [-0.3, -0.25) is 9.59 Å². The van der Waals surface area contributed by atoms with Crippen molar-refractivity contribution in [3.8, 4) is 0 Å². The van der Waals surface area contributed by atoms with E-state index in [1.165, 1.54) is 0 Å². The van der Waals surface area contributed by atoms with E-state index in [9.17, 15) is 9.59 Å². The molecule has 1 heterocycles. The molecule has 0 aliphatic rings. The predicted octanol–water partition coefficient (Wildman–Crippen LogP) is 2.87. The van der Waals surface area contributed by atoms with Gasteiger partial charge in [-0.15, -0.1) is 0 Å². The quantitative estimate of drug-likeness (QED) is 0.612. The third-order valence-corrected chi connectivity index (χ3v) is 5.34. The van der Waals surface area contributed by atoms with Crippen molar-refractivity contribution in [2.45, 2.75) is 12.6 Å². The maximum Gasteiger partial charge on any atom is 0.309 e. The molecule has 0 aliphatic carbocycles. The normalized spacial score (nSPS) is 12.2. The number of amides is 2. The molecule has 2 aromatic carbocycles. The summed E-state index contributed by atoms with van der Waals surface area (Å²) in [5, 5.41) is 7.05. The molecule has 2 amide bonds. The molecule has 1 unspecified atom stereocenters. The number of nitrogens with one attached hydrogen (secondary N) is 2. The average molecular weight is 413 g/mol. The van der Waals surface area contributed by atoms with Crippen molar-refractivity contribution >= 4 is 34.3 Å². The topological polar surface area (TPSA) is 66.4 Å². The van der Waals surface area contributed by atoms with Gasteiger partial charge in [0.25, 0.3) is 0 Å². The van der Waals surface area contributed by atoms with Gasteiger partial charge in [-0.25, -0.2) is 0 Å². The molecule has 2 N–H and O–H groups in total. The second kappa shape index (κ2) is 9.11. The second-order valence-electron chi connectivity index (χ2n) is 7.18. The van der Waals surface area contributed by atoms with E-state index >= 15 is 0 Å². The molecule has 0 fully saturated rings. The lowest BCUT2D eigenvalue weighted by Gasteiger charge is -2.24. The Hall–Kier alpha value is -2.83. The molecule has 7 heteroatoms. The van der Waals surface area contributed by atoms with Crippen LogP contribution in [0.1, 0.15) is 17.2 Å². The van der Waals surface area contributed by atoms with E-state index in [-0.39, 0.29) is 12.6 Å². The van der Waals surface area contributed by atoms with Gasteiger partial charge in [-0.1, -0.05) is 48.0 Å². The van der Waals surface area contributed by atoms with E-state index in [1.807, 2.05) is 56.4 Å². The highest BCUT2D eigenvalue weighted by atomic mass is 35.5. The van der Waals surface area contributed by atoms with Gasteiger partial charge in [0.15, 0.2) is 0 Å². The Bertz CT molecular complexity index is 1030. The summed E-state index contributed by atoms with van der Waals surface area (Å²) >= 11 is 6.08. The zero-order chi connectivity index (χ0) is 21.0. The first kappa shape index (κ1) is 20.9. The van der Waals surface area contributed by atoms with Crippen molar-refractivity contribution in [2.24, 2.45) is 7.05 Å². The van der Waals surface area contributed by atoms with Crippen molar-refractivity contribution < 1.29 is 9.59 Å². The van der Waals surface area contributed by atoms with Crippen LogP contribution >= 0.6 is 11.6 Å². The highest BCUT2D eigenvalue weighted by Crippen LogP contribution is 2.28. The summed E-state index contributed by atoms with van der Waals surface area (Å²) in [5.74, 6) is -1.34. The lowest BCUT2D eigenvalue weighted by molar-refractivity contribution is -0.139. The fourth-order valence-corrected chi connectivity index (χ4v) is 3.58. The molecule has 0 saturated heterocycles. The Morgan fingerprint density at radius 2 is 1.69 bits per heavy atom. The van der Waals surface area contributed by atoms with E-state index in [0.29, 0.717) is 11.6 Å². The minimum absolute atomic E-state index is 0.0681. The maximum absolute atomic E-state index is 12.3. The molecule has 29 heavy (non-hydrogen) atoms. The monoisotopic (exact) mass is 412 g/mol. The number of hydrogen-bond acceptors (Lipinski definition) is 3. The summed E-state index contributed by atoms with van der Waals surface area (Å²) in [6.45, 7) is 0.520. The van der Waals surface area contributed by atoms with Crippen LogP contribution in [0.4, 0.5) is 0 Å². The maximum atomic E-state index is 12.3. The molecular weight excluding hydrogens is 388 g/mol. The number of para-hydroxylation sites is 1. The summed E-state index contributed by atoms with van der Waals surface area (Å²) in [4.78, 5) is 26.5. The molecule has 0 radical (unpaired) electrons. The fourth-order valence-electron chi connectivity index (χ4n) is 3.38. The van der Waals surface area contributed by atoms with E-state index < -0.39 is 11.8 Å². The summed E-state index contributed by atoms with van der Waals surface area (Å²) < 4.78 is 2.07. The minimum atomic E-state index is -0.680. The van der Waals surface area contributed by atoms with Gasteiger partial charge in [-0.2, -0.15) is 0 Å². The summed E-state index contributed by atoms with van der Waals surface area (Å²) in [6.07, 6.45) is 2.07. The number of halogens is 1. The van der Waals surface area contributed by atoms with Crippen molar-refractivity contribution in [3.05, 3.63) is 70.9 Å².